The second-order valence-corrected chi connectivity index (χ2v) is 12.4. The largest absolute Gasteiger partial charge is 0.573 e. The van der Waals surface area contributed by atoms with Gasteiger partial charge in [-0.1, -0.05) is 18.6 Å². The minimum Gasteiger partial charge on any atom is -0.403 e. The van der Waals surface area contributed by atoms with Crippen molar-refractivity contribution in [1.82, 2.24) is 20.4 Å². The molecule has 2 amide bonds. The predicted octanol–water partition coefficient (Wildman–Crippen LogP) is 5.40. The van der Waals surface area contributed by atoms with Gasteiger partial charge in [0.15, 0.2) is 11.6 Å². The molecule has 0 unspecified atom stereocenters. The number of halogens is 5. The van der Waals surface area contributed by atoms with Gasteiger partial charge in [0.05, 0.1) is 6.04 Å². The van der Waals surface area contributed by atoms with Crippen molar-refractivity contribution in [2.45, 2.75) is 64.0 Å². The van der Waals surface area contributed by atoms with E-state index >= 15 is 0 Å². The Hall–Kier alpha value is -2.71. The fourth-order valence-corrected chi connectivity index (χ4v) is 6.40. The standard InChI is InChI=1S/C31H37F4IN4O3/c1-21-15-23(17-24(36)16-21)20-40-14-9-25(38-27(30(40)42)10-13-39-11-3-2-4-12-39)19-37-29(41)8-6-22-5-7-28(26(32)18-22)43-31(33,34)35/h5-8,15-18,25,27,38H,2-4,9-14,19-20H2,1H3,(H,37,41)/b8-6+/t25-,27-/m0/s1. The summed E-state index contributed by atoms with van der Waals surface area (Å²) in [5.74, 6) is -2.51. The molecule has 2 aromatic carbocycles. The highest BCUT2D eigenvalue weighted by Crippen LogP contribution is 2.26. The van der Waals surface area contributed by atoms with E-state index in [1.807, 2.05) is 11.8 Å². The van der Waals surface area contributed by atoms with E-state index in [0.29, 0.717) is 25.9 Å². The molecule has 2 aromatic rings. The number of likely N-dealkylation sites (tertiary alicyclic amines) is 1. The maximum atomic E-state index is 14.0. The van der Waals surface area contributed by atoms with Gasteiger partial charge in [-0.15, -0.1) is 13.2 Å². The molecule has 0 spiro atoms. The van der Waals surface area contributed by atoms with E-state index < -0.39 is 23.8 Å². The molecule has 0 radical (unpaired) electrons. The van der Waals surface area contributed by atoms with Crippen LogP contribution in [0.4, 0.5) is 17.6 Å². The number of alkyl halides is 3. The Balaban J connectivity index is 1.37. The number of nitrogens with one attached hydrogen (secondary N) is 2. The van der Waals surface area contributed by atoms with E-state index in [9.17, 15) is 27.2 Å². The van der Waals surface area contributed by atoms with Gasteiger partial charge in [-0.3, -0.25) is 9.59 Å². The maximum Gasteiger partial charge on any atom is 0.573 e. The summed E-state index contributed by atoms with van der Waals surface area (Å²) in [6.45, 7) is 6.28. The minimum atomic E-state index is -5.00. The van der Waals surface area contributed by atoms with Crippen LogP contribution in [0.5, 0.6) is 5.75 Å². The van der Waals surface area contributed by atoms with Gasteiger partial charge in [-0.2, -0.15) is 0 Å². The minimum absolute atomic E-state index is 0.0576. The number of rotatable bonds is 10. The van der Waals surface area contributed by atoms with Crippen LogP contribution < -0.4 is 15.4 Å². The summed E-state index contributed by atoms with van der Waals surface area (Å²) in [5, 5.41) is 6.32. The van der Waals surface area contributed by atoms with E-state index in [1.165, 1.54) is 37.5 Å². The van der Waals surface area contributed by atoms with Crippen molar-refractivity contribution >= 4 is 40.5 Å². The van der Waals surface area contributed by atoms with Crippen LogP contribution >= 0.6 is 22.6 Å². The molecule has 2 aliphatic heterocycles. The van der Waals surface area contributed by atoms with E-state index in [4.69, 9.17) is 0 Å². The number of carbonyl (C=O) groups is 2. The second kappa shape index (κ2) is 15.3. The molecule has 2 aliphatic rings. The van der Waals surface area contributed by atoms with Crippen molar-refractivity contribution in [2.24, 2.45) is 0 Å². The first kappa shape index (κ1) is 33.2. The molecule has 43 heavy (non-hydrogen) atoms. The highest BCUT2D eigenvalue weighted by Gasteiger charge is 2.33. The average molecular weight is 717 g/mol. The van der Waals surface area contributed by atoms with Crippen LogP contribution in [0.3, 0.4) is 0 Å². The summed E-state index contributed by atoms with van der Waals surface area (Å²) in [6, 6.07) is 8.71. The molecule has 2 N–H and O–H groups in total. The summed E-state index contributed by atoms with van der Waals surface area (Å²) >= 11 is 2.29. The number of ether oxygens (including phenoxy) is 1. The van der Waals surface area contributed by atoms with E-state index in [-0.39, 0.29) is 30.1 Å². The van der Waals surface area contributed by atoms with Crippen molar-refractivity contribution < 1.29 is 31.9 Å². The Kier molecular flexibility index (Phi) is 11.8. The van der Waals surface area contributed by atoms with Gasteiger partial charge in [0.2, 0.25) is 11.8 Å². The molecule has 4 rings (SSSR count). The van der Waals surface area contributed by atoms with Gasteiger partial charge in [-0.05, 0) is 115 Å². The third-order valence-corrected chi connectivity index (χ3v) is 8.21. The van der Waals surface area contributed by atoms with Crippen molar-refractivity contribution in [2.75, 3.05) is 32.7 Å². The molecule has 7 nitrogen and oxygen atoms in total. The lowest BCUT2D eigenvalue weighted by Crippen LogP contribution is -2.50. The highest BCUT2D eigenvalue weighted by atomic mass is 127. The summed E-state index contributed by atoms with van der Waals surface area (Å²) in [6.07, 6.45) is 2.40. The summed E-state index contributed by atoms with van der Waals surface area (Å²) in [7, 11) is 0. The van der Waals surface area contributed by atoms with Crippen LogP contribution in [0.15, 0.2) is 42.5 Å². The van der Waals surface area contributed by atoms with Crippen molar-refractivity contribution in [3.8, 4) is 5.75 Å². The van der Waals surface area contributed by atoms with E-state index in [1.54, 1.807) is 0 Å². The Morgan fingerprint density at radius 2 is 1.91 bits per heavy atom. The van der Waals surface area contributed by atoms with Crippen LogP contribution in [0.25, 0.3) is 6.08 Å². The van der Waals surface area contributed by atoms with Crippen molar-refractivity contribution in [3.05, 3.63) is 68.6 Å². The van der Waals surface area contributed by atoms with E-state index in [0.717, 1.165) is 46.5 Å². The fraction of sp³-hybridized carbons (Fsp3) is 0.484. The lowest BCUT2D eigenvalue weighted by molar-refractivity contribution is -0.275. The number of benzene rings is 2. The molecule has 0 aromatic heterocycles. The van der Waals surface area contributed by atoms with Gasteiger partial charge < -0.3 is 25.2 Å². The molecular weight excluding hydrogens is 679 g/mol. The quantitative estimate of drug-likeness (QED) is 0.196. The predicted molar refractivity (Wildman–Crippen MR) is 165 cm³/mol. The number of nitrogens with zero attached hydrogens (tertiary/aromatic N) is 2. The average Bonchev–Trinajstić information content (AvgIpc) is 3.08. The van der Waals surface area contributed by atoms with E-state index in [2.05, 4.69) is 61.1 Å². The van der Waals surface area contributed by atoms with Crippen LogP contribution in [-0.4, -0.2) is 72.8 Å². The number of piperidine rings is 1. The Morgan fingerprint density at radius 1 is 1.14 bits per heavy atom. The first-order chi connectivity index (χ1) is 20.4. The number of carbonyl (C=O) groups excluding carboxylic acids is 2. The molecule has 0 saturated carbocycles. The SMILES string of the molecule is Cc1cc(I)cc(CN2CC[C@@H](CNC(=O)/C=C/c3ccc(OC(F)(F)F)c(F)c3)N[C@@H](CCN3CCCCC3)C2=O)c1. The van der Waals surface area contributed by atoms with Gasteiger partial charge in [0, 0.05) is 41.9 Å². The highest BCUT2D eigenvalue weighted by molar-refractivity contribution is 14.1. The third kappa shape index (κ3) is 10.8. The van der Waals surface area contributed by atoms with Gasteiger partial charge >= 0.3 is 6.36 Å². The summed E-state index contributed by atoms with van der Waals surface area (Å²) in [5.41, 5.74) is 2.43. The monoisotopic (exact) mass is 716 g/mol. The lowest BCUT2D eigenvalue weighted by atomic mass is 10.1. The summed E-state index contributed by atoms with van der Waals surface area (Å²) < 4.78 is 55.9. The Morgan fingerprint density at radius 3 is 2.60 bits per heavy atom. The van der Waals surface area contributed by atoms with Crippen LogP contribution in [0, 0.1) is 16.3 Å². The molecular formula is C31H37F4IN4O3. The van der Waals surface area contributed by atoms with Crippen molar-refractivity contribution in [1.29, 1.82) is 0 Å². The Labute approximate surface area is 263 Å². The molecule has 2 heterocycles. The van der Waals surface area contributed by atoms with Crippen LogP contribution in [0.1, 0.15) is 48.8 Å². The third-order valence-electron chi connectivity index (χ3n) is 7.58. The zero-order chi connectivity index (χ0) is 31.0. The van der Waals surface area contributed by atoms with Gasteiger partial charge in [0.25, 0.3) is 0 Å². The fourth-order valence-electron chi connectivity index (χ4n) is 5.51. The zero-order valence-electron chi connectivity index (χ0n) is 24.1. The Bertz CT molecular complexity index is 1280. The normalized spacial score (nSPS) is 20.3. The van der Waals surface area contributed by atoms with Crippen LogP contribution in [0.2, 0.25) is 0 Å². The first-order valence-electron chi connectivity index (χ1n) is 14.5. The molecule has 2 saturated heterocycles. The topological polar surface area (TPSA) is 73.9 Å². The summed E-state index contributed by atoms with van der Waals surface area (Å²) in [4.78, 5) is 30.6. The maximum absolute atomic E-state index is 14.0. The molecule has 234 valence electrons. The van der Waals surface area contributed by atoms with Gasteiger partial charge in [-0.25, -0.2) is 4.39 Å². The van der Waals surface area contributed by atoms with Crippen molar-refractivity contribution in [3.63, 3.8) is 0 Å². The number of hydrogen-bond acceptors (Lipinski definition) is 5. The zero-order valence-corrected chi connectivity index (χ0v) is 26.2. The molecule has 2 fully saturated rings. The lowest BCUT2D eigenvalue weighted by Gasteiger charge is -2.30. The number of aryl methyl sites for hydroxylation is 1. The smallest absolute Gasteiger partial charge is 0.403 e. The molecule has 2 atom stereocenters. The van der Waals surface area contributed by atoms with Gasteiger partial charge in [0.1, 0.15) is 0 Å². The van der Waals surface area contributed by atoms with Crippen LogP contribution in [-0.2, 0) is 16.1 Å². The molecule has 12 heteroatoms. The number of amides is 2. The first-order valence-corrected chi connectivity index (χ1v) is 15.6. The second-order valence-electron chi connectivity index (χ2n) is 11.1. The number of hydrogen-bond donors (Lipinski definition) is 2. The molecule has 0 aliphatic carbocycles. The molecule has 0 bridgehead atoms.